The Labute approximate surface area is 153 Å². The maximum atomic E-state index is 12.9. The van der Waals surface area contributed by atoms with Crippen LogP contribution in [0.3, 0.4) is 0 Å². The third-order valence-electron chi connectivity index (χ3n) is 4.03. The zero-order valence-electron chi connectivity index (χ0n) is 14.8. The van der Waals surface area contributed by atoms with Gasteiger partial charge in [0.2, 0.25) is 5.89 Å². The van der Waals surface area contributed by atoms with Gasteiger partial charge in [0.05, 0.1) is 23.4 Å². The number of hydrogen-bond donors (Lipinski definition) is 1. The molecule has 2 aromatic heterocycles. The highest BCUT2D eigenvalue weighted by Gasteiger charge is 2.31. The second-order valence-electron chi connectivity index (χ2n) is 6.14. The van der Waals surface area contributed by atoms with Crippen molar-refractivity contribution in [2.45, 2.75) is 26.1 Å². The van der Waals surface area contributed by atoms with Gasteiger partial charge in [-0.3, -0.25) is 9.48 Å². The van der Waals surface area contributed by atoms with Crippen LogP contribution in [0.1, 0.15) is 40.3 Å². The maximum absolute atomic E-state index is 12.9. The summed E-state index contributed by atoms with van der Waals surface area (Å²) in [6.07, 6.45) is -1.20. The topological polar surface area (TPSA) is 73.0 Å². The van der Waals surface area contributed by atoms with Crippen molar-refractivity contribution >= 4 is 5.91 Å². The molecule has 0 bridgehead atoms. The molecule has 0 aliphatic rings. The lowest BCUT2D eigenvalue weighted by Crippen LogP contribution is -2.27. The number of carbonyl (C=O) groups is 1. The van der Waals surface area contributed by atoms with Crippen LogP contribution in [0, 0.1) is 6.92 Å². The van der Waals surface area contributed by atoms with Gasteiger partial charge in [0.1, 0.15) is 5.76 Å². The van der Waals surface area contributed by atoms with Gasteiger partial charge >= 0.3 is 6.18 Å². The molecule has 1 N–H and O–H groups in total. The summed E-state index contributed by atoms with van der Waals surface area (Å²) in [5, 5.41) is 6.67. The summed E-state index contributed by atoms with van der Waals surface area (Å²) in [5.74, 6) is 0.0244. The number of aryl methyl sites for hydroxylation is 2. The van der Waals surface area contributed by atoms with E-state index in [1.54, 1.807) is 38.0 Å². The van der Waals surface area contributed by atoms with Gasteiger partial charge in [0.25, 0.3) is 5.91 Å². The van der Waals surface area contributed by atoms with E-state index in [4.69, 9.17) is 4.42 Å². The third-order valence-corrected chi connectivity index (χ3v) is 4.03. The molecular weight excluding hydrogens is 361 g/mol. The van der Waals surface area contributed by atoms with Gasteiger partial charge in [-0.05, 0) is 31.5 Å². The van der Waals surface area contributed by atoms with Crippen molar-refractivity contribution in [3.05, 3.63) is 59.2 Å². The van der Waals surface area contributed by atoms with E-state index in [-0.39, 0.29) is 11.6 Å². The van der Waals surface area contributed by atoms with Crippen LogP contribution >= 0.6 is 0 Å². The van der Waals surface area contributed by atoms with Crippen LogP contribution in [-0.2, 0) is 13.2 Å². The quantitative estimate of drug-likeness (QED) is 0.748. The Morgan fingerprint density at radius 1 is 1.33 bits per heavy atom. The lowest BCUT2D eigenvalue weighted by molar-refractivity contribution is -0.137. The maximum Gasteiger partial charge on any atom is 0.416 e. The molecule has 1 amide bonds. The van der Waals surface area contributed by atoms with E-state index in [0.717, 1.165) is 12.1 Å². The molecule has 3 rings (SSSR count). The fourth-order valence-corrected chi connectivity index (χ4v) is 2.59. The minimum absolute atomic E-state index is 0.0766. The number of nitrogens with one attached hydrogen (secondary N) is 1. The Kier molecular flexibility index (Phi) is 4.77. The van der Waals surface area contributed by atoms with Crippen molar-refractivity contribution in [3.8, 4) is 11.5 Å². The normalized spacial score (nSPS) is 12.8. The van der Waals surface area contributed by atoms with Crippen molar-refractivity contribution < 1.29 is 22.4 Å². The molecule has 3 aromatic rings. The standard InChI is InChI=1S/C18H17F3N4O2/c1-10(12-5-4-6-14(7-12)18(19,20)21)23-16(26)15-11(2)27-17(24-15)13-8-22-25(3)9-13/h4-10H,1-3H3,(H,23,26)/t10-/m1/s1. The molecule has 1 aromatic carbocycles. The van der Waals surface area contributed by atoms with Crippen molar-refractivity contribution in [1.29, 1.82) is 0 Å². The minimum atomic E-state index is -4.44. The van der Waals surface area contributed by atoms with E-state index in [2.05, 4.69) is 15.4 Å². The lowest BCUT2D eigenvalue weighted by Gasteiger charge is -2.15. The number of benzene rings is 1. The first kappa shape index (κ1) is 18.7. The summed E-state index contributed by atoms with van der Waals surface area (Å²) in [6.45, 7) is 3.20. The van der Waals surface area contributed by atoms with Crippen LogP contribution in [0.4, 0.5) is 13.2 Å². The van der Waals surface area contributed by atoms with E-state index in [0.29, 0.717) is 16.9 Å². The van der Waals surface area contributed by atoms with Crippen LogP contribution in [0.2, 0.25) is 0 Å². The fraction of sp³-hybridized carbons (Fsp3) is 0.278. The first-order valence-electron chi connectivity index (χ1n) is 8.09. The molecule has 0 spiro atoms. The second kappa shape index (κ2) is 6.90. The summed E-state index contributed by atoms with van der Waals surface area (Å²) in [5.41, 5.74) is 0.266. The monoisotopic (exact) mass is 378 g/mol. The molecule has 2 heterocycles. The van der Waals surface area contributed by atoms with E-state index >= 15 is 0 Å². The van der Waals surface area contributed by atoms with Crippen LogP contribution in [0.15, 0.2) is 41.1 Å². The molecule has 27 heavy (non-hydrogen) atoms. The Morgan fingerprint density at radius 2 is 2.07 bits per heavy atom. The average Bonchev–Trinajstić information content (AvgIpc) is 3.20. The lowest BCUT2D eigenvalue weighted by atomic mass is 10.0. The molecule has 142 valence electrons. The van der Waals surface area contributed by atoms with Crippen LogP contribution in [0.5, 0.6) is 0 Å². The van der Waals surface area contributed by atoms with Crippen molar-refractivity contribution in [2.24, 2.45) is 7.05 Å². The van der Waals surface area contributed by atoms with E-state index < -0.39 is 23.7 Å². The Balaban J connectivity index is 1.78. The summed E-state index contributed by atoms with van der Waals surface area (Å²) in [6, 6.07) is 4.19. The second-order valence-corrected chi connectivity index (χ2v) is 6.14. The van der Waals surface area contributed by atoms with Gasteiger partial charge < -0.3 is 9.73 Å². The van der Waals surface area contributed by atoms with Gasteiger partial charge in [0, 0.05) is 13.2 Å². The molecule has 0 fully saturated rings. The number of alkyl halides is 3. The zero-order chi connectivity index (χ0) is 19.8. The van der Waals surface area contributed by atoms with Gasteiger partial charge in [-0.15, -0.1) is 0 Å². The highest BCUT2D eigenvalue weighted by molar-refractivity contribution is 5.93. The number of aromatic nitrogens is 3. The van der Waals surface area contributed by atoms with E-state index in [1.807, 2.05) is 0 Å². The average molecular weight is 378 g/mol. The molecule has 0 saturated carbocycles. The number of carbonyl (C=O) groups excluding carboxylic acids is 1. The summed E-state index contributed by atoms with van der Waals surface area (Å²) in [7, 11) is 1.74. The van der Waals surface area contributed by atoms with Gasteiger partial charge in [-0.25, -0.2) is 4.98 Å². The molecule has 6 nitrogen and oxygen atoms in total. The molecule has 0 unspecified atom stereocenters. The Hall–Kier alpha value is -3.10. The first-order chi connectivity index (χ1) is 12.6. The zero-order valence-corrected chi connectivity index (χ0v) is 14.8. The Morgan fingerprint density at radius 3 is 2.70 bits per heavy atom. The number of halogens is 3. The largest absolute Gasteiger partial charge is 0.440 e. The first-order valence-corrected chi connectivity index (χ1v) is 8.09. The molecule has 0 saturated heterocycles. The fourth-order valence-electron chi connectivity index (χ4n) is 2.59. The smallest absolute Gasteiger partial charge is 0.416 e. The van der Waals surface area contributed by atoms with Crippen molar-refractivity contribution in [1.82, 2.24) is 20.1 Å². The van der Waals surface area contributed by atoms with Gasteiger partial charge in [-0.2, -0.15) is 18.3 Å². The molecular formula is C18H17F3N4O2. The van der Waals surface area contributed by atoms with Gasteiger partial charge in [-0.1, -0.05) is 12.1 Å². The summed E-state index contributed by atoms with van der Waals surface area (Å²) >= 11 is 0. The van der Waals surface area contributed by atoms with E-state index in [9.17, 15) is 18.0 Å². The van der Waals surface area contributed by atoms with Crippen LogP contribution < -0.4 is 5.32 Å². The molecule has 1 atom stereocenters. The minimum Gasteiger partial charge on any atom is -0.440 e. The predicted octanol–water partition coefficient (Wildman–Crippen LogP) is 3.89. The highest BCUT2D eigenvalue weighted by atomic mass is 19.4. The third kappa shape index (κ3) is 4.02. The number of hydrogen-bond acceptors (Lipinski definition) is 4. The highest BCUT2D eigenvalue weighted by Crippen LogP contribution is 2.31. The predicted molar refractivity (Wildman–Crippen MR) is 90.8 cm³/mol. The SMILES string of the molecule is Cc1oc(-c2cnn(C)c2)nc1C(=O)N[C@H](C)c1cccc(C(F)(F)F)c1. The summed E-state index contributed by atoms with van der Waals surface area (Å²) in [4.78, 5) is 16.7. The summed E-state index contributed by atoms with van der Waals surface area (Å²) < 4.78 is 45.7. The number of rotatable bonds is 4. The van der Waals surface area contributed by atoms with Crippen molar-refractivity contribution in [2.75, 3.05) is 0 Å². The van der Waals surface area contributed by atoms with Crippen LogP contribution in [-0.4, -0.2) is 20.7 Å². The number of amides is 1. The van der Waals surface area contributed by atoms with Crippen molar-refractivity contribution in [3.63, 3.8) is 0 Å². The molecule has 0 aliphatic heterocycles. The molecule has 0 radical (unpaired) electrons. The van der Waals surface area contributed by atoms with E-state index in [1.165, 1.54) is 12.1 Å². The number of nitrogens with zero attached hydrogens (tertiary/aromatic N) is 3. The molecule has 0 aliphatic carbocycles. The van der Waals surface area contributed by atoms with Gasteiger partial charge in [0.15, 0.2) is 5.69 Å². The van der Waals surface area contributed by atoms with Crippen LogP contribution in [0.25, 0.3) is 11.5 Å². The Bertz CT molecular complexity index is 975. The molecule has 9 heteroatoms. The number of oxazole rings is 1.